The number of carbonyl (C=O) groups excluding carboxylic acids is 2. The van der Waals surface area contributed by atoms with Crippen LogP contribution < -0.4 is 10.1 Å². The van der Waals surface area contributed by atoms with Crippen molar-refractivity contribution < 1.29 is 23.1 Å². The second kappa shape index (κ2) is 8.14. The number of carbonyl (C=O) groups is 2. The number of nitrogens with one attached hydrogen (secondary N) is 1. The molecule has 1 N–H and O–H groups in total. The van der Waals surface area contributed by atoms with Crippen LogP contribution in [-0.4, -0.2) is 58.8 Å². The minimum atomic E-state index is -2.55. The lowest BCUT2D eigenvalue weighted by atomic mass is 10.0. The van der Waals surface area contributed by atoms with Crippen molar-refractivity contribution in [1.82, 2.24) is 15.1 Å². The van der Waals surface area contributed by atoms with Gasteiger partial charge in [0.1, 0.15) is 17.9 Å². The molecule has 5 rings (SSSR count). The summed E-state index contributed by atoms with van der Waals surface area (Å²) in [5.41, 5.74) is 2.15. The van der Waals surface area contributed by atoms with Gasteiger partial charge in [-0.1, -0.05) is 6.58 Å². The minimum absolute atomic E-state index is 0.0388. The molecule has 0 bridgehead atoms. The Labute approximate surface area is 186 Å². The fourth-order valence-electron chi connectivity index (χ4n) is 5.52. The number of nitrogens with zero attached hydrogens (tertiary/aromatic N) is 2. The van der Waals surface area contributed by atoms with Crippen molar-refractivity contribution in [3.05, 3.63) is 41.6 Å². The summed E-state index contributed by atoms with van der Waals surface area (Å²) in [6.07, 6.45) is 3.89. The molecule has 1 aromatic rings. The molecule has 0 radical (unpaired) electrons. The fourth-order valence-corrected chi connectivity index (χ4v) is 5.52. The zero-order valence-corrected chi connectivity index (χ0v) is 18.1. The van der Waals surface area contributed by atoms with Gasteiger partial charge < -0.3 is 15.0 Å². The van der Waals surface area contributed by atoms with Crippen LogP contribution in [0.4, 0.5) is 8.78 Å². The number of benzene rings is 1. The van der Waals surface area contributed by atoms with Crippen LogP contribution in [0.25, 0.3) is 0 Å². The lowest BCUT2D eigenvalue weighted by Crippen LogP contribution is -2.49. The summed E-state index contributed by atoms with van der Waals surface area (Å²) < 4.78 is 33.4. The molecule has 8 heteroatoms. The molecular formula is C24H29F2N3O3. The van der Waals surface area contributed by atoms with Gasteiger partial charge in [-0.05, 0) is 55.9 Å². The Bertz CT molecular complexity index is 940. The van der Waals surface area contributed by atoms with Gasteiger partial charge in [-0.2, -0.15) is 0 Å². The number of rotatable bonds is 4. The largest absolute Gasteiger partial charge is 0.489 e. The van der Waals surface area contributed by atoms with E-state index in [0.29, 0.717) is 49.5 Å². The molecule has 32 heavy (non-hydrogen) atoms. The molecule has 3 aliphatic heterocycles. The van der Waals surface area contributed by atoms with E-state index in [1.165, 1.54) is 0 Å². The van der Waals surface area contributed by atoms with E-state index in [9.17, 15) is 18.4 Å². The highest BCUT2D eigenvalue weighted by atomic mass is 19.3. The van der Waals surface area contributed by atoms with Crippen LogP contribution in [0.3, 0.4) is 0 Å². The average molecular weight is 446 g/mol. The van der Waals surface area contributed by atoms with E-state index in [1.807, 2.05) is 12.1 Å². The molecule has 3 atom stereocenters. The van der Waals surface area contributed by atoms with Gasteiger partial charge >= 0.3 is 0 Å². The second-order valence-electron chi connectivity index (χ2n) is 9.45. The fraction of sp³-hybridized carbons (Fsp3) is 0.583. The maximum absolute atomic E-state index is 13.6. The van der Waals surface area contributed by atoms with E-state index in [0.717, 1.165) is 24.8 Å². The number of piperidine rings is 2. The zero-order valence-electron chi connectivity index (χ0n) is 18.1. The maximum atomic E-state index is 13.6. The SMILES string of the molecule is C=C1CCC(N2Cc3cc(O[C@@H]4CCC[C@@H]4N4CCC(F)(F)CC4)ccc3C2=O)C(=O)N1. The molecule has 1 aromatic carbocycles. The first-order chi connectivity index (χ1) is 15.3. The number of hydrogen-bond acceptors (Lipinski definition) is 4. The van der Waals surface area contributed by atoms with Crippen LogP contribution in [0.5, 0.6) is 5.75 Å². The summed E-state index contributed by atoms with van der Waals surface area (Å²) in [5.74, 6) is -2.17. The number of ether oxygens (including phenoxy) is 1. The van der Waals surface area contributed by atoms with Crippen LogP contribution in [0, 0.1) is 0 Å². The molecule has 172 valence electrons. The zero-order chi connectivity index (χ0) is 22.5. The molecule has 1 saturated carbocycles. The molecule has 2 saturated heterocycles. The molecular weight excluding hydrogens is 416 g/mol. The van der Waals surface area contributed by atoms with Crippen molar-refractivity contribution in [3.8, 4) is 5.75 Å². The number of allylic oxidation sites excluding steroid dienone is 1. The molecule has 3 heterocycles. The summed E-state index contributed by atoms with van der Waals surface area (Å²) in [6.45, 7) is 4.99. The Kier molecular flexibility index (Phi) is 5.43. The van der Waals surface area contributed by atoms with Crippen LogP contribution in [-0.2, 0) is 11.3 Å². The van der Waals surface area contributed by atoms with Gasteiger partial charge in [0.2, 0.25) is 5.91 Å². The van der Waals surface area contributed by atoms with Gasteiger partial charge in [0, 0.05) is 49.8 Å². The van der Waals surface area contributed by atoms with Crippen molar-refractivity contribution in [2.24, 2.45) is 0 Å². The van der Waals surface area contributed by atoms with Crippen molar-refractivity contribution in [2.75, 3.05) is 13.1 Å². The molecule has 4 aliphatic rings. The van der Waals surface area contributed by atoms with Gasteiger partial charge in [-0.25, -0.2) is 8.78 Å². The van der Waals surface area contributed by atoms with Crippen molar-refractivity contribution in [3.63, 3.8) is 0 Å². The smallest absolute Gasteiger partial charge is 0.255 e. The number of likely N-dealkylation sites (tertiary alicyclic amines) is 1. The van der Waals surface area contributed by atoms with E-state index in [4.69, 9.17) is 4.74 Å². The lowest BCUT2D eigenvalue weighted by molar-refractivity contribution is -0.126. The predicted octanol–water partition coefficient (Wildman–Crippen LogP) is 3.47. The Balaban J connectivity index is 1.26. The van der Waals surface area contributed by atoms with Crippen molar-refractivity contribution >= 4 is 11.8 Å². The van der Waals surface area contributed by atoms with E-state index < -0.39 is 12.0 Å². The monoisotopic (exact) mass is 445 g/mol. The predicted molar refractivity (Wildman–Crippen MR) is 114 cm³/mol. The third-order valence-corrected chi connectivity index (χ3v) is 7.31. The van der Waals surface area contributed by atoms with Crippen LogP contribution >= 0.6 is 0 Å². The average Bonchev–Trinajstić information content (AvgIpc) is 3.33. The lowest BCUT2D eigenvalue weighted by Gasteiger charge is -2.38. The first kappa shape index (κ1) is 21.4. The highest BCUT2D eigenvalue weighted by Crippen LogP contribution is 2.36. The van der Waals surface area contributed by atoms with Gasteiger partial charge in [-0.3, -0.25) is 14.5 Å². The topological polar surface area (TPSA) is 61.9 Å². The third-order valence-electron chi connectivity index (χ3n) is 7.31. The van der Waals surface area contributed by atoms with E-state index in [1.54, 1.807) is 11.0 Å². The van der Waals surface area contributed by atoms with Crippen molar-refractivity contribution in [1.29, 1.82) is 0 Å². The molecule has 1 aliphatic carbocycles. The number of amides is 2. The standard InChI is InChI=1S/C24H29F2N3O3/c1-15-5-8-20(22(30)27-15)29-14-16-13-17(6-7-18(16)23(29)31)32-21-4-2-3-19(21)28-11-9-24(25,26)10-12-28/h6-7,13,19-21H,1-5,8-12,14H2,(H,27,30)/t19-,20?,21+/m0/s1. The molecule has 2 amide bonds. The summed E-state index contributed by atoms with van der Waals surface area (Å²) >= 11 is 0. The Morgan fingerprint density at radius 1 is 1.12 bits per heavy atom. The number of halogens is 2. The summed E-state index contributed by atoms with van der Waals surface area (Å²) in [7, 11) is 0. The molecule has 0 spiro atoms. The molecule has 6 nitrogen and oxygen atoms in total. The Hall–Kier alpha value is -2.48. The first-order valence-corrected chi connectivity index (χ1v) is 11.5. The van der Waals surface area contributed by atoms with Crippen LogP contribution in [0.15, 0.2) is 30.5 Å². The second-order valence-corrected chi connectivity index (χ2v) is 9.45. The van der Waals surface area contributed by atoms with E-state index in [2.05, 4.69) is 16.8 Å². The van der Waals surface area contributed by atoms with Crippen LogP contribution in [0.1, 0.15) is 60.9 Å². The van der Waals surface area contributed by atoms with Gasteiger partial charge in [0.25, 0.3) is 11.8 Å². The first-order valence-electron chi connectivity index (χ1n) is 11.5. The number of hydrogen-bond donors (Lipinski definition) is 1. The van der Waals surface area contributed by atoms with Gasteiger partial charge in [0.05, 0.1) is 0 Å². The van der Waals surface area contributed by atoms with Gasteiger partial charge in [0.15, 0.2) is 0 Å². The molecule has 3 fully saturated rings. The number of alkyl halides is 2. The van der Waals surface area contributed by atoms with Crippen molar-refractivity contribution in [2.45, 2.75) is 75.6 Å². The highest BCUT2D eigenvalue weighted by molar-refractivity contribution is 6.01. The normalized spacial score (nSPS) is 30.4. The number of fused-ring (bicyclic) bond motifs is 1. The molecule has 1 unspecified atom stereocenters. The summed E-state index contributed by atoms with van der Waals surface area (Å²) in [4.78, 5) is 29.1. The van der Waals surface area contributed by atoms with Gasteiger partial charge in [-0.15, -0.1) is 0 Å². The Morgan fingerprint density at radius 2 is 1.91 bits per heavy atom. The summed E-state index contributed by atoms with van der Waals surface area (Å²) in [5, 5.41) is 2.75. The minimum Gasteiger partial charge on any atom is -0.489 e. The Morgan fingerprint density at radius 3 is 2.66 bits per heavy atom. The quantitative estimate of drug-likeness (QED) is 0.771. The summed E-state index contributed by atoms with van der Waals surface area (Å²) in [6, 6.07) is 5.14. The third kappa shape index (κ3) is 4.00. The van der Waals surface area contributed by atoms with E-state index in [-0.39, 0.29) is 36.8 Å². The van der Waals surface area contributed by atoms with Crippen LogP contribution in [0.2, 0.25) is 0 Å². The van der Waals surface area contributed by atoms with E-state index >= 15 is 0 Å². The maximum Gasteiger partial charge on any atom is 0.255 e. The highest BCUT2D eigenvalue weighted by Gasteiger charge is 2.41. The molecule has 0 aromatic heterocycles.